The zero-order chi connectivity index (χ0) is 12.5. The summed E-state index contributed by atoms with van der Waals surface area (Å²) in [7, 11) is 0. The van der Waals surface area contributed by atoms with Crippen LogP contribution in [0.25, 0.3) is 0 Å². The molecule has 0 fully saturated rings. The molecule has 0 aliphatic heterocycles. The Hall–Kier alpha value is -1.53. The third-order valence-corrected chi connectivity index (χ3v) is 2.53. The highest BCUT2D eigenvalue weighted by molar-refractivity contribution is 5.42. The summed E-state index contributed by atoms with van der Waals surface area (Å²) in [6, 6.07) is 9.37. The highest BCUT2D eigenvalue weighted by atomic mass is 16.5. The number of nitriles is 1. The van der Waals surface area contributed by atoms with Gasteiger partial charge in [0.2, 0.25) is 0 Å². The van der Waals surface area contributed by atoms with E-state index in [1.165, 1.54) is 0 Å². The van der Waals surface area contributed by atoms with E-state index in [4.69, 9.17) is 14.7 Å². The summed E-state index contributed by atoms with van der Waals surface area (Å²) >= 11 is 0. The third kappa shape index (κ3) is 4.88. The van der Waals surface area contributed by atoms with Gasteiger partial charge in [-0.3, -0.25) is 0 Å². The highest BCUT2D eigenvalue weighted by Crippen LogP contribution is 2.16. The molecule has 0 aliphatic carbocycles. The zero-order valence-corrected chi connectivity index (χ0v) is 10.5. The Kier molecular flexibility index (Phi) is 6.13. The molecule has 92 valence electrons. The minimum Gasteiger partial charge on any atom is -0.492 e. The number of hydrogen-bond acceptors (Lipinski definition) is 3. The minimum absolute atomic E-state index is 0.307. The molecule has 0 heterocycles. The molecule has 0 saturated heterocycles. The Labute approximate surface area is 103 Å². The van der Waals surface area contributed by atoms with E-state index in [0.717, 1.165) is 12.8 Å². The fraction of sp³-hybridized carbons (Fsp3) is 0.500. The molecule has 1 aromatic rings. The molecule has 0 N–H and O–H groups in total. The van der Waals surface area contributed by atoms with Crippen molar-refractivity contribution in [3.05, 3.63) is 29.8 Å². The standard InChI is InChI=1S/C14H19NO2/c1-3-12(2)16-9-6-10-17-14-8-5-4-7-13(14)11-15/h4-5,7-8,12H,3,6,9-10H2,1-2H3. The summed E-state index contributed by atoms with van der Waals surface area (Å²) in [4.78, 5) is 0. The Morgan fingerprint density at radius 3 is 2.76 bits per heavy atom. The third-order valence-electron chi connectivity index (χ3n) is 2.53. The molecular formula is C14H19NO2. The smallest absolute Gasteiger partial charge is 0.137 e. The van der Waals surface area contributed by atoms with Crippen LogP contribution in [0.3, 0.4) is 0 Å². The molecule has 3 nitrogen and oxygen atoms in total. The maximum absolute atomic E-state index is 8.87. The van der Waals surface area contributed by atoms with Gasteiger partial charge >= 0.3 is 0 Å². The van der Waals surface area contributed by atoms with Crippen molar-refractivity contribution in [1.82, 2.24) is 0 Å². The largest absolute Gasteiger partial charge is 0.492 e. The summed E-state index contributed by atoms with van der Waals surface area (Å²) in [6.45, 7) is 5.44. The first-order valence-electron chi connectivity index (χ1n) is 6.01. The molecule has 17 heavy (non-hydrogen) atoms. The topological polar surface area (TPSA) is 42.2 Å². The molecular weight excluding hydrogens is 214 g/mol. The van der Waals surface area contributed by atoms with Crippen molar-refractivity contribution >= 4 is 0 Å². The fourth-order valence-corrected chi connectivity index (χ4v) is 1.33. The van der Waals surface area contributed by atoms with E-state index in [9.17, 15) is 0 Å². The van der Waals surface area contributed by atoms with Crippen molar-refractivity contribution in [3.63, 3.8) is 0 Å². The van der Waals surface area contributed by atoms with Gasteiger partial charge in [0.05, 0.1) is 24.9 Å². The van der Waals surface area contributed by atoms with Crippen LogP contribution in [0, 0.1) is 11.3 Å². The molecule has 0 radical (unpaired) electrons. The molecule has 0 aromatic heterocycles. The van der Waals surface area contributed by atoms with Gasteiger partial charge in [0.25, 0.3) is 0 Å². The first-order valence-corrected chi connectivity index (χ1v) is 6.01. The van der Waals surface area contributed by atoms with Crippen LogP contribution in [0.15, 0.2) is 24.3 Å². The van der Waals surface area contributed by atoms with Crippen molar-refractivity contribution in [2.24, 2.45) is 0 Å². The molecule has 0 bridgehead atoms. The SMILES string of the molecule is CCC(C)OCCCOc1ccccc1C#N. The van der Waals surface area contributed by atoms with E-state index in [1.807, 2.05) is 18.2 Å². The Morgan fingerprint density at radius 1 is 1.29 bits per heavy atom. The van der Waals surface area contributed by atoms with Crippen molar-refractivity contribution in [2.75, 3.05) is 13.2 Å². The first-order chi connectivity index (χ1) is 8.27. The summed E-state index contributed by atoms with van der Waals surface area (Å²) in [5.41, 5.74) is 0.579. The highest BCUT2D eigenvalue weighted by Gasteiger charge is 2.01. The van der Waals surface area contributed by atoms with Gasteiger partial charge in [-0.1, -0.05) is 19.1 Å². The number of hydrogen-bond donors (Lipinski definition) is 0. The maximum atomic E-state index is 8.87. The predicted octanol–water partition coefficient (Wildman–Crippen LogP) is 3.14. The van der Waals surface area contributed by atoms with Gasteiger partial charge in [0.15, 0.2) is 0 Å². The van der Waals surface area contributed by atoms with Crippen LogP contribution in [0.5, 0.6) is 5.75 Å². The molecule has 1 rings (SSSR count). The summed E-state index contributed by atoms with van der Waals surface area (Å²) < 4.78 is 11.1. The van der Waals surface area contributed by atoms with Crippen molar-refractivity contribution < 1.29 is 9.47 Å². The van der Waals surface area contributed by atoms with Crippen LogP contribution >= 0.6 is 0 Å². The molecule has 1 unspecified atom stereocenters. The molecule has 0 amide bonds. The van der Waals surface area contributed by atoms with E-state index >= 15 is 0 Å². The fourth-order valence-electron chi connectivity index (χ4n) is 1.33. The Morgan fingerprint density at radius 2 is 2.06 bits per heavy atom. The van der Waals surface area contributed by atoms with E-state index < -0.39 is 0 Å². The van der Waals surface area contributed by atoms with Crippen LogP contribution < -0.4 is 4.74 Å². The Balaban J connectivity index is 2.25. The van der Waals surface area contributed by atoms with Crippen molar-refractivity contribution in [2.45, 2.75) is 32.8 Å². The second-order valence-electron chi connectivity index (χ2n) is 3.90. The number of ether oxygens (including phenoxy) is 2. The average Bonchev–Trinajstić information content (AvgIpc) is 2.38. The summed E-state index contributed by atoms with van der Waals surface area (Å²) in [6.07, 6.45) is 2.17. The summed E-state index contributed by atoms with van der Waals surface area (Å²) in [5, 5.41) is 8.87. The maximum Gasteiger partial charge on any atom is 0.137 e. The molecule has 0 spiro atoms. The van der Waals surface area contributed by atoms with E-state index in [0.29, 0.717) is 30.6 Å². The normalized spacial score (nSPS) is 11.8. The first kappa shape index (κ1) is 13.5. The van der Waals surface area contributed by atoms with E-state index in [2.05, 4.69) is 19.9 Å². The van der Waals surface area contributed by atoms with Crippen LogP contribution in [0.4, 0.5) is 0 Å². The Bertz CT molecular complexity index is 371. The van der Waals surface area contributed by atoms with Gasteiger partial charge in [-0.05, 0) is 25.5 Å². The number of nitrogens with zero attached hydrogens (tertiary/aromatic N) is 1. The second kappa shape index (κ2) is 7.70. The van der Waals surface area contributed by atoms with Crippen molar-refractivity contribution in [3.8, 4) is 11.8 Å². The molecule has 1 aromatic carbocycles. The lowest BCUT2D eigenvalue weighted by atomic mass is 10.2. The van der Waals surface area contributed by atoms with Gasteiger partial charge in [0, 0.05) is 6.42 Å². The molecule has 0 saturated carbocycles. The number of para-hydroxylation sites is 1. The van der Waals surface area contributed by atoms with Gasteiger partial charge < -0.3 is 9.47 Å². The van der Waals surface area contributed by atoms with Crippen LogP contribution in [-0.2, 0) is 4.74 Å². The molecule has 0 aliphatic rings. The van der Waals surface area contributed by atoms with E-state index in [-0.39, 0.29) is 0 Å². The summed E-state index contributed by atoms with van der Waals surface area (Å²) in [5.74, 6) is 0.651. The quantitative estimate of drug-likeness (QED) is 0.679. The van der Waals surface area contributed by atoms with Gasteiger partial charge in [-0.15, -0.1) is 0 Å². The number of rotatable bonds is 7. The lowest BCUT2D eigenvalue weighted by Gasteiger charge is -2.11. The molecule has 1 atom stereocenters. The lowest BCUT2D eigenvalue weighted by Crippen LogP contribution is -2.10. The van der Waals surface area contributed by atoms with Gasteiger partial charge in [-0.2, -0.15) is 5.26 Å². The lowest BCUT2D eigenvalue weighted by molar-refractivity contribution is 0.0554. The minimum atomic E-state index is 0.307. The monoisotopic (exact) mass is 233 g/mol. The van der Waals surface area contributed by atoms with Crippen LogP contribution in [0.2, 0.25) is 0 Å². The molecule has 3 heteroatoms. The van der Waals surface area contributed by atoms with Crippen LogP contribution in [-0.4, -0.2) is 19.3 Å². The van der Waals surface area contributed by atoms with Crippen molar-refractivity contribution in [1.29, 1.82) is 5.26 Å². The predicted molar refractivity (Wildman–Crippen MR) is 67.0 cm³/mol. The average molecular weight is 233 g/mol. The second-order valence-corrected chi connectivity index (χ2v) is 3.90. The van der Waals surface area contributed by atoms with Gasteiger partial charge in [-0.25, -0.2) is 0 Å². The van der Waals surface area contributed by atoms with E-state index in [1.54, 1.807) is 6.07 Å². The van der Waals surface area contributed by atoms with Gasteiger partial charge in [0.1, 0.15) is 11.8 Å². The number of benzene rings is 1. The van der Waals surface area contributed by atoms with Crippen LogP contribution in [0.1, 0.15) is 32.3 Å². The zero-order valence-electron chi connectivity index (χ0n) is 10.5.